The molecule has 1 N–H and O–H groups in total. The molecule has 0 atom stereocenters. The number of benzene rings is 1. The van der Waals surface area contributed by atoms with Gasteiger partial charge in [0, 0.05) is 5.39 Å². The zero-order valence-corrected chi connectivity index (χ0v) is 13.2. The minimum atomic E-state index is -0.867. The lowest BCUT2D eigenvalue weighted by Gasteiger charge is -2.29. The minimum absolute atomic E-state index is 0.424. The van der Waals surface area contributed by atoms with Crippen molar-refractivity contribution < 1.29 is 9.52 Å². The third-order valence-corrected chi connectivity index (χ3v) is 3.69. The molecule has 0 spiro atoms. The van der Waals surface area contributed by atoms with Crippen molar-refractivity contribution in [1.29, 1.82) is 0 Å². The number of hydrogen-bond acceptors (Lipinski definition) is 2. The number of para-hydroxylation sites is 1. The molecule has 2 heteroatoms. The third-order valence-electron chi connectivity index (χ3n) is 3.69. The van der Waals surface area contributed by atoms with Gasteiger partial charge in [-0.3, -0.25) is 0 Å². The Morgan fingerprint density at radius 2 is 1.70 bits per heavy atom. The van der Waals surface area contributed by atoms with E-state index < -0.39 is 5.60 Å². The monoisotopic (exact) mass is 274 g/mol. The van der Waals surface area contributed by atoms with E-state index in [1.54, 1.807) is 0 Å². The summed E-state index contributed by atoms with van der Waals surface area (Å²) >= 11 is 0. The summed E-state index contributed by atoms with van der Waals surface area (Å²) in [6, 6.07) is 8.12. The quantitative estimate of drug-likeness (QED) is 0.830. The Kier molecular flexibility index (Phi) is 4.24. The second kappa shape index (κ2) is 5.61. The van der Waals surface area contributed by atoms with Crippen molar-refractivity contribution in [2.24, 2.45) is 11.8 Å². The van der Waals surface area contributed by atoms with Crippen molar-refractivity contribution in [2.45, 2.75) is 53.1 Å². The van der Waals surface area contributed by atoms with Gasteiger partial charge in [0.25, 0.3) is 0 Å². The molecule has 0 saturated heterocycles. The molecule has 1 aromatic carbocycles. The smallest absolute Gasteiger partial charge is 0.137 e. The number of aryl methyl sites for hydroxylation is 1. The lowest BCUT2D eigenvalue weighted by atomic mass is 9.83. The maximum atomic E-state index is 11.1. The number of furan rings is 1. The Hall–Kier alpha value is -1.28. The van der Waals surface area contributed by atoms with Gasteiger partial charge >= 0.3 is 0 Å². The van der Waals surface area contributed by atoms with E-state index >= 15 is 0 Å². The summed E-state index contributed by atoms with van der Waals surface area (Å²) in [6.45, 7) is 10.6. The summed E-state index contributed by atoms with van der Waals surface area (Å²) in [4.78, 5) is 0. The molecule has 0 aliphatic rings. The number of hydrogen-bond donors (Lipinski definition) is 1. The molecule has 1 aromatic heterocycles. The maximum absolute atomic E-state index is 11.1. The van der Waals surface area contributed by atoms with Crippen LogP contribution >= 0.6 is 0 Å². The maximum Gasteiger partial charge on any atom is 0.137 e. The second-order valence-corrected chi connectivity index (χ2v) is 6.83. The van der Waals surface area contributed by atoms with Gasteiger partial charge in [0.05, 0.1) is 0 Å². The van der Waals surface area contributed by atoms with E-state index in [1.807, 2.05) is 31.2 Å². The van der Waals surface area contributed by atoms with E-state index in [0.29, 0.717) is 17.6 Å². The van der Waals surface area contributed by atoms with E-state index in [1.165, 1.54) is 0 Å². The minimum Gasteiger partial charge on any atom is -0.458 e. The zero-order chi connectivity index (χ0) is 14.9. The lowest BCUT2D eigenvalue weighted by molar-refractivity contribution is -0.0222. The number of aliphatic hydroxyl groups is 1. The first-order valence-electron chi connectivity index (χ1n) is 7.54. The first kappa shape index (κ1) is 15.1. The van der Waals surface area contributed by atoms with Gasteiger partial charge in [0.15, 0.2) is 0 Å². The van der Waals surface area contributed by atoms with Crippen molar-refractivity contribution in [3.8, 4) is 0 Å². The van der Waals surface area contributed by atoms with Gasteiger partial charge in [-0.2, -0.15) is 0 Å². The highest BCUT2D eigenvalue weighted by molar-refractivity contribution is 5.81. The molecule has 0 bridgehead atoms. The highest BCUT2D eigenvalue weighted by atomic mass is 16.4. The van der Waals surface area contributed by atoms with Crippen LogP contribution in [0, 0.1) is 18.8 Å². The molecule has 0 radical (unpaired) electrons. The molecule has 0 amide bonds. The van der Waals surface area contributed by atoms with Crippen LogP contribution in [0.4, 0.5) is 0 Å². The molecule has 0 aliphatic heterocycles. The summed E-state index contributed by atoms with van der Waals surface area (Å²) in [6.07, 6.45) is 1.45. The topological polar surface area (TPSA) is 33.4 Å². The Morgan fingerprint density at radius 3 is 2.20 bits per heavy atom. The van der Waals surface area contributed by atoms with Crippen LogP contribution in [0.15, 0.2) is 28.7 Å². The Labute approximate surface area is 121 Å². The van der Waals surface area contributed by atoms with Crippen molar-refractivity contribution in [3.63, 3.8) is 0 Å². The van der Waals surface area contributed by atoms with Gasteiger partial charge in [0.1, 0.15) is 16.9 Å². The molecular weight excluding hydrogens is 248 g/mol. The van der Waals surface area contributed by atoms with Crippen LogP contribution < -0.4 is 0 Å². The highest BCUT2D eigenvalue weighted by Crippen LogP contribution is 2.38. The van der Waals surface area contributed by atoms with Crippen LogP contribution in [0.1, 0.15) is 51.9 Å². The molecule has 2 rings (SSSR count). The van der Waals surface area contributed by atoms with E-state index in [9.17, 15) is 5.11 Å². The molecule has 0 aliphatic carbocycles. The fraction of sp³-hybridized carbons (Fsp3) is 0.556. The summed E-state index contributed by atoms with van der Waals surface area (Å²) in [5, 5.41) is 12.2. The predicted octanol–water partition coefficient (Wildman–Crippen LogP) is 5.02. The van der Waals surface area contributed by atoms with Crippen molar-refractivity contribution >= 4 is 11.0 Å². The second-order valence-electron chi connectivity index (χ2n) is 6.83. The van der Waals surface area contributed by atoms with Crippen LogP contribution in [0.25, 0.3) is 11.0 Å². The standard InChI is InChI=1S/C18H26O2/c1-12(2)10-18(19,11-13(3)4)16-9-15-8-6-7-14(5)17(15)20-16/h6-9,12-13,19H,10-11H2,1-5H3. The molecule has 2 aromatic rings. The van der Waals surface area contributed by atoms with Gasteiger partial charge in [-0.25, -0.2) is 0 Å². The van der Waals surface area contributed by atoms with Gasteiger partial charge in [0.2, 0.25) is 0 Å². The van der Waals surface area contributed by atoms with E-state index in [0.717, 1.165) is 29.4 Å². The van der Waals surface area contributed by atoms with Gasteiger partial charge in [-0.1, -0.05) is 45.9 Å². The molecule has 1 heterocycles. The average Bonchev–Trinajstić information content (AvgIpc) is 2.72. The SMILES string of the molecule is Cc1cccc2cc(C(O)(CC(C)C)CC(C)C)oc12. The number of fused-ring (bicyclic) bond motifs is 1. The Morgan fingerprint density at radius 1 is 1.10 bits per heavy atom. The van der Waals surface area contributed by atoms with E-state index in [4.69, 9.17) is 4.42 Å². The van der Waals surface area contributed by atoms with Crippen molar-refractivity contribution in [3.05, 3.63) is 35.6 Å². The summed E-state index contributed by atoms with van der Waals surface area (Å²) < 4.78 is 6.02. The van der Waals surface area contributed by atoms with Gasteiger partial charge < -0.3 is 9.52 Å². The van der Waals surface area contributed by atoms with Crippen molar-refractivity contribution in [1.82, 2.24) is 0 Å². The molecule has 20 heavy (non-hydrogen) atoms. The van der Waals surface area contributed by atoms with E-state index in [-0.39, 0.29) is 0 Å². The third kappa shape index (κ3) is 3.06. The summed E-state index contributed by atoms with van der Waals surface area (Å²) in [5.41, 5.74) is 1.15. The Bertz CT molecular complexity index is 568. The molecule has 2 nitrogen and oxygen atoms in total. The first-order chi connectivity index (χ1) is 9.32. The lowest BCUT2D eigenvalue weighted by Crippen LogP contribution is -2.29. The molecule has 110 valence electrons. The van der Waals surface area contributed by atoms with Crippen LogP contribution in [0.5, 0.6) is 0 Å². The number of rotatable bonds is 5. The van der Waals surface area contributed by atoms with Crippen LogP contribution in [-0.4, -0.2) is 5.11 Å². The van der Waals surface area contributed by atoms with Crippen molar-refractivity contribution in [2.75, 3.05) is 0 Å². The predicted molar refractivity (Wildman–Crippen MR) is 83.8 cm³/mol. The van der Waals surface area contributed by atoms with Crippen LogP contribution in [0.3, 0.4) is 0 Å². The molecule has 0 fully saturated rings. The summed E-state index contributed by atoms with van der Waals surface area (Å²) in [5.74, 6) is 1.56. The van der Waals surface area contributed by atoms with Gasteiger partial charge in [-0.15, -0.1) is 0 Å². The first-order valence-corrected chi connectivity index (χ1v) is 7.54. The Balaban J connectivity index is 2.47. The molecule has 0 saturated carbocycles. The van der Waals surface area contributed by atoms with Crippen LogP contribution in [0.2, 0.25) is 0 Å². The fourth-order valence-electron chi connectivity index (χ4n) is 3.07. The van der Waals surface area contributed by atoms with Gasteiger partial charge in [-0.05, 0) is 43.2 Å². The molecular formula is C18H26O2. The zero-order valence-electron chi connectivity index (χ0n) is 13.2. The van der Waals surface area contributed by atoms with E-state index in [2.05, 4.69) is 27.7 Å². The largest absolute Gasteiger partial charge is 0.458 e. The summed E-state index contributed by atoms with van der Waals surface area (Å²) in [7, 11) is 0. The van der Waals surface area contributed by atoms with Crippen LogP contribution in [-0.2, 0) is 5.60 Å². The molecule has 0 unspecified atom stereocenters. The highest BCUT2D eigenvalue weighted by Gasteiger charge is 2.34. The fourth-order valence-corrected chi connectivity index (χ4v) is 3.07. The normalized spacial score (nSPS) is 12.8. The average molecular weight is 274 g/mol.